The lowest BCUT2D eigenvalue weighted by Gasteiger charge is -2.27. The molecule has 172 valence electrons. The minimum Gasteiger partial charge on any atom is -0.310 e. The molecule has 0 bridgehead atoms. The van der Waals surface area contributed by atoms with Crippen molar-refractivity contribution in [1.29, 1.82) is 0 Å². The van der Waals surface area contributed by atoms with E-state index in [1.165, 1.54) is 33.0 Å². The molecule has 0 saturated heterocycles. The molecule has 0 aliphatic rings. The molecular formula is C34H24BrN. The lowest BCUT2D eigenvalue weighted by molar-refractivity contribution is 1.30. The van der Waals surface area contributed by atoms with Crippen LogP contribution in [0.1, 0.15) is 0 Å². The molecule has 0 unspecified atom stereocenters. The van der Waals surface area contributed by atoms with Crippen molar-refractivity contribution < 1.29 is 0 Å². The highest BCUT2D eigenvalue weighted by Crippen LogP contribution is 2.41. The summed E-state index contributed by atoms with van der Waals surface area (Å²) < 4.78 is 1.10. The highest BCUT2D eigenvalue weighted by molar-refractivity contribution is 9.10. The van der Waals surface area contributed by atoms with E-state index in [0.717, 1.165) is 21.5 Å². The molecule has 6 aromatic rings. The SMILES string of the molecule is Brc1ccc(N(c2ccc(-c3ccccc3)cc2)c2ccc(-c3ccccc3)cc2)c2ccccc12. The molecule has 36 heavy (non-hydrogen) atoms. The van der Waals surface area contributed by atoms with Crippen molar-refractivity contribution in [2.45, 2.75) is 0 Å². The Hall–Kier alpha value is -4.14. The van der Waals surface area contributed by atoms with Crippen molar-refractivity contribution in [3.05, 3.63) is 150 Å². The third-order valence-electron chi connectivity index (χ3n) is 6.55. The Morgan fingerprint density at radius 2 is 0.778 bits per heavy atom. The normalized spacial score (nSPS) is 10.9. The molecule has 0 aliphatic heterocycles. The second-order valence-electron chi connectivity index (χ2n) is 8.77. The molecule has 1 nitrogen and oxygen atoms in total. The van der Waals surface area contributed by atoms with Gasteiger partial charge in [0.25, 0.3) is 0 Å². The summed E-state index contributed by atoms with van der Waals surface area (Å²) in [5, 5.41) is 2.40. The van der Waals surface area contributed by atoms with Gasteiger partial charge in [-0.2, -0.15) is 0 Å². The quantitative estimate of drug-likeness (QED) is 0.216. The molecular weight excluding hydrogens is 502 g/mol. The van der Waals surface area contributed by atoms with Crippen LogP contribution in [0.4, 0.5) is 17.1 Å². The molecule has 0 heterocycles. The average molecular weight is 526 g/mol. The van der Waals surface area contributed by atoms with Crippen LogP contribution in [0, 0.1) is 0 Å². The first-order valence-electron chi connectivity index (χ1n) is 12.1. The molecule has 6 rings (SSSR count). The van der Waals surface area contributed by atoms with Crippen LogP contribution in [-0.2, 0) is 0 Å². The second kappa shape index (κ2) is 9.85. The molecule has 0 N–H and O–H groups in total. The van der Waals surface area contributed by atoms with E-state index < -0.39 is 0 Å². The molecule has 0 spiro atoms. The average Bonchev–Trinajstić information content (AvgIpc) is 2.96. The molecule has 2 heteroatoms. The molecule has 0 aromatic heterocycles. The third-order valence-corrected chi connectivity index (χ3v) is 7.25. The predicted octanol–water partition coefficient (Wildman–Crippen LogP) is 10.4. The minimum absolute atomic E-state index is 1.10. The van der Waals surface area contributed by atoms with E-state index in [-0.39, 0.29) is 0 Å². The molecule has 0 aliphatic carbocycles. The highest BCUT2D eigenvalue weighted by Gasteiger charge is 2.16. The number of rotatable bonds is 5. The van der Waals surface area contributed by atoms with E-state index in [2.05, 4.69) is 166 Å². The summed E-state index contributed by atoms with van der Waals surface area (Å²) >= 11 is 3.74. The summed E-state index contributed by atoms with van der Waals surface area (Å²) in [5.74, 6) is 0. The minimum atomic E-state index is 1.10. The Balaban J connectivity index is 1.49. The zero-order valence-electron chi connectivity index (χ0n) is 19.7. The number of hydrogen-bond acceptors (Lipinski definition) is 1. The Morgan fingerprint density at radius 3 is 1.28 bits per heavy atom. The number of fused-ring (bicyclic) bond motifs is 1. The summed E-state index contributed by atoms with van der Waals surface area (Å²) in [6, 6.07) is 51.6. The van der Waals surface area contributed by atoms with Gasteiger partial charge in [0.05, 0.1) is 5.69 Å². The first-order valence-corrected chi connectivity index (χ1v) is 12.9. The monoisotopic (exact) mass is 525 g/mol. The number of hydrogen-bond donors (Lipinski definition) is 0. The van der Waals surface area contributed by atoms with Crippen LogP contribution in [0.15, 0.2) is 150 Å². The summed E-state index contributed by atoms with van der Waals surface area (Å²) in [4.78, 5) is 2.35. The maximum atomic E-state index is 3.74. The Labute approximate surface area is 220 Å². The van der Waals surface area contributed by atoms with Crippen LogP contribution in [0.2, 0.25) is 0 Å². The van der Waals surface area contributed by atoms with Crippen molar-refractivity contribution in [3.63, 3.8) is 0 Å². The van der Waals surface area contributed by atoms with Gasteiger partial charge in [0, 0.05) is 21.2 Å². The largest absolute Gasteiger partial charge is 0.310 e. The molecule has 0 amide bonds. The lowest BCUT2D eigenvalue weighted by Crippen LogP contribution is -2.10. The molecule has 0 atom stereocenters. The fourth-order valence-electron chi connectivity index (χ4n) is 4.74. The molecule has 0 fully saturated rings. The van der Waals surface area contributed by atoms with Gasteiger partial charge in [-0.3, -0.25) is 0 Å². The van der Waals surface area contributed by atoms with E-state index in [0.29, 0.717) is 0 Å². The third kappa shape index (κ3) is 4.32. The smallest absolute Gasteiger partial charge is 0.0540 e. The first-order chi connectivity index (χ1) is 17.8. The van der Waals surface area contributed by atoms with Gasteiger partial charge >= 0.3 is 0 Å². The molecule has 0 saturated carbocycles. The van der Waals surface area contributed by atoms with E-state index in [1.807, 2.05) is 0 Å². The number of halogens is 1. The van der Waals surface area contributed by atoms with Gasteiger partial charge in [-0.15, -0.1) is 0 Å². The van der Waals surface area contributed by atoms with Crippen molar-refractivity contribution in [1.82, 2.24) is 0 Å². The maximum absolute atomic E-state index is 3.74. The summed E-state index contributed by atoms with van der Waals surface area (Å²) in [6.45, 7) is 0. The van der Waals surface area contributed by atoms with Crippen molar-refractivity contribution in [2.24, 2.45) is 0 Å². The van der Waals surface area contributed by atoms with Crippen LogP contribution in [0.25, 0.3) is 33.0 Å². The van der Waals surface area contributed by atoms with Gasteiger partial charge in [0.2, 0.25) is 0 Å². The number of nitrogens with zero attached hydrogens (tertiary/aromatic N) is 1. The zero-order valence-corrected chi connectivity index (χ0v) is 21.3. The number of benzene rings is 6. The topological polar surface area (TPSA) is 3.24 Å². The van der Waals surface area contributed by atoms with Gasteiger partial charge in [-0.05, 0) is 64.0 Å². The Bertz CT molecular complexity index is 1520. The standard InChI is InChI=1S/C34H24BrN/c35-33-23-24-34(32-14-8-7-13-31(32)33)36(29-19-15-27(16-20-29)25-9-3-1-4-10-25)30-21-17-28(18-22-30)26-11-5-2-6-12-26/h1-24H. The van der Waals surface area contributed by atoms with E-state index in [4.69, 9.17) is 0 Å². The summed E-state index contributed by atoms with van der Waals surface area (Å²) in [7, 11) is 0. The second-order valence-corrected chi connectivity index (χ2v) is 9.63. The Morgan fingerprint density at radius 1 is 0.361 bits per heavy atom. The van der Waals surface area contributed by atoms with Crippen molar-refractivity contribution >= 4 is 43.8 Å². The van der Waals surface area contributed by atoms with Crippen LogP contribution in [-0.4, -0.2) is 0 Å². The van der Waals surface area contributed by atoms with Crippen molar-refractivity contribution in [3.8, 4) is 22.3 Å². The van der Waals surface area contributed by atoms with Gasteiger partial charge < -0.3 is 4.90 Å². The van der Waals surface area contributed by atoms with E-state index in [1.54, 1.807) is 0 Å². The summed E-state index contributed by atoms with van der Waals surface area (Å²) in [5.41, 5.74) is 8.24. The number of anilines is 3. The van der Waals surface area contributed by atoms with Crippen LogP contribution in [0.3, 0.4) is 0 Å². The predicted molar refractivity (Wildman–Crippen MR) is 157 cm³/mol. The fraction of sp³-hybridized carbons (Fsp3) is 0. The molecule has 6 aromatic carbocycles. The zero-order chi connectivity index (χ0) is 24.3. The van der Waals surface area contributed by atoms with Gasteiger partial charge in [0.15, 0.2) is 0 Å². The van der Waals surface area contributed by atoms with Gasteiger partial charge in [0.1, 0.15) is 0 Å². The van der Waals surface area contributed by atoms with E-state index >= 15 is 0 Å². The highest BCUT2D eigenvalue weighted by atomic mass is 79.9. The van der Waals surface area contributed by atoms with Crippen LogP contribution in [0.5, 0.6) is 0 Å². The Kier molecular flexibility index (Phi) is 6.11. The van der Waals surface area contributed by atoms with E-state index in [9.17, 15) is 0 Å². The van der Waals surface area contributed by atoms with Gasteiger partial charge in [-0.25, -0.2) is 0 Å². The summed E-state index contributed by atoms with van der Waals surface area (Å²) in [6.07, 6.45) is 0. The molecule has 0 radical (unpaired) electrons. The van der Waals surface area contributed by atoms with Crippen LogP contribution < -0.4 is 4.90 Å². The maximum Gasteiger partial charge on any atom is 0.0540 e. The van der Waals surface area contributed by atoms with Gasteiger partial charge in [-0.1, -0.05) is 125 Å². The first kappa shape index (κ1) is 22.3. The lowest BCUT2D eigenvalue weighted by atomic mass is 10.0. The van der Waals surface area contributed by atoms with Crippen molar-refractivity contribution in [2.75, 3.05) is 4.90 Å². The van der Waals surface area contributed by atoms with Crippen LogP contribution >= 0.6 is 15.9 Å². The fourth-order valence-corrected chi connectivity index (χ4v) is 5.21.